The lowest BCUT2D eigenvalue weighted by atomic mass is 10.1. The monoisotopic (exact) mass is 303 g/mol. The Morgan fingerprint density at radius 1 is 1.19 bits per heavy atom. The summed E-state index contributed by atoms with van der Waals surface area (Å²) in [6, 6.07) is 12.0. The Labute approximate surface area is 123 Å². The molecule has 2 rings (SSSR count). The molecule has 0 N–H and O–H groups in total. The second-order valence-electron chi connectivity index (χ2n) is 4.78. The summed E-state index contributed by atoms with van der Waals surface area (Å²) < 4.78 is 38.1. The van der Waals surface area contributed by atoms with E-state index in [4.69, 9.17) is 6.57 Å². The van der Waals surface area contributed by atoms with Crippen molar-refractivity contribution in [1.29, 1.82) is 0 Å². The fourth-order valence-electron chi connectivity index (χ4n) is 1.98. The van der Waals surface area contributed by atoms with Gasteiger partial charge in [-0.15, -0.1) is 0 Å². The smallest absolute Gasteiger partial charge is 0.296 e. The molecular weight excluding hydrogens is 289 g/mol. The SMILES string of the molecule is [C-]#[N+]C(Cc1cccc(F)c1)S(=O)(=O)c1ccc(C)cc1. The average molecular weight is 303 g/mol. The van der Waals surface area contributed by atoms with Crippen LogP contribution in [0.15, 0.2) is 53.4 Å². The Kier molecular flexibility index (Phi) is 4.39. The van der Waals surface area contributed by atoms with Gasteiger partial charge in [-0.2, -0.15) is 0 Å². The molecule has 0 aliphatic heterocycles. The minimum Gasteiger partial charge on any atom is -0.296 e. The number of benzene rings is 2. The maximum atomic E-state index is 13.2. The Balaban J connectivity index is 2.32. The topological polar surface area (TPSA) is 38.5 Å². The van der Waals surface area contributed by atoms with E-state index < -0.39 is 21.0 Å². The van der Waals surface area contributed by atoms with Gasteiger partial charge >= 0.3 is 5.37 Å². The van der Waals surface area contributed by atoms with Crippen LogP contribution in [-0.2, 0) is 16.3 Å². The third kappa shape index (κ3) is 3.47. The van der Waals surface area contributed by atoms with Crippen molar-refractivity contribution >= 4 is 9.84 Å². The molecule has 108 valence electrons. The fourth-order valence-corrected chi connectivity index (χ4v) is 3.36. The summed E-state index contributed by atoms with van der Waals surface area (Å²) in [5.41, 5.74) is 1.44. The van der Waals surface area contributed by atoms with Crippen molar-refractivity contribution in [3.8, 4) is 0 Å². The van der Waals surface area contributed by atoms with E-state index in [9.17, 15) is 12.8 Å². The molecule has 0 amide bonds. The van der Waals surface area contributed by atoms with Gasteiger partial charge < -0.3 is 0 Å². The number of hydrogen-bond donors (Lipinski definition) is 0. The first-order valence-corrected chi connectivity index (χ1v) is 7.89. The number of halogens is 1. The van der Waals surface area contributed by atoms with E-state index in [1.807, 2.05) is 6.92 Å². The summed E-state index contributed by atoms with van der Waals surface area (Å²) >= 11 is 0. The van der Waals surface area contributed by atoms with Gasteiger partial charge in [0.2, 0.25) is 0 Å². The Hall–Kier alpha value is -2.19. The minimum absolute atomic E-state index is 0.0303. The molecule has 0 saturated carbocycles. The van der Waals surface area contributed by atoms with Crippen molar-refractivity contribution in [3.63, 3.8) is 0 Å². The molecule has 0 aromatic heterocycles. The highest BCUT2D eigenvalue weighted by Crippen LogP contribution is 2.21. The molecule has 5 heteroatoms. The second kappa shape index (κ2) is 6.06. The number of hydrogen-bond acceptors (Lipinski definition) is 2. The molecule has 2 aromatic carbocycles. The predicted molar refractivity (Wildman–Crippen MR) is 78.9 cm³/mol. The molecule has 21 heavy (non-hydrogen) atoms. The van der Waals surface area contributed by atoms with Crippen LogP contribution in [0.1, 0.15) is 11.1 Å². The molecule has 0 spiro atoms. The maximum Gasteiger partial charge on any atom is 0.329 e. The van der Waals surface area contributed by atoms with E-state index in [0.717, 1.165) is 5.56 Å². The van der Waals surface area contributed by atoms with Crippen molar-refractivity contribution < 1.29 is 12.8 Å². The quantitative estimate of drug-likeness (QED) is 0.812. The Morgan fingerprint density at radius 3 is 2.43 bits per heavy atom. The van der Waals surface area contributed by atoms with Gasteiger partial charge in [-0.1, -0.05) is 29.8 Å². The molecule has 0 heterocycles. The number of aryl methyl sites for hydroxylation is 1. The minimum atomic E-state index is -3.76. The normalized spacial score (nSPS) is 12.6. The van der Waals surface area contributed by atoms with Gasteiger partial charge in [-0.3, -0.25) is 4.85 Å². The largest absolute Gasteiger partial charge is 0.329 e. The zero-order chi connectivity index (χ0) is 15.5. The molecule has 0 aliphatic carbocycles. The van der Waals surface area contributed by atoms with Gasteiger partial charge in [0, 0.05) is 0 Å². The summed E-state index contributed by atoms with van der Waals surface area (Å²) in [6.07, 6.45) is -0.0303. The van der Waals surface area contributed by atoms with Crippen molar-refractivity contribution in [3.05, 3.63) is 76.9 Å². The second-order valence-corrected chi connectivity index (χ2v) is 6.88. The Morgan fingerprint density at radius 2 is 1.86 bits per heavy atom. The highest BCUT2D eigenvalue weighted by Gasteiger charge is 2.32. The van der Waals surface area contributed by atoms with Crippen LogP contribution >= 0.6 is 0 Å². The standard InChI is InChI=1S/C16H14FNO2S/c1-12-6-8-15(9-7-12)21(19,20)16(18-2)11-13-4-3-5-14(17)10-13/h3-10,16H,11H2,1H3. The van der Waals surface area contributed by atoms with Crippen molar-refractivity contribution in [2.45, 2.75) is 23.6 Å². The van der Waals surface area contributed by atoms with Crippen molar-refractivity contribution in [2.75, 3.05) is 0 Å². The summed E-state index contributed by atoms with van der Waals surface area (Å²) in [5.74, 6) is -0.441. The highest BCUT2D eigenvalue weighted by atomic mass is 32.2. The third-order valence-corrected chi connectivity index (χ3v) is 5.07. The van der Waals surface area contributed by atoms with Gasteiger partial charge in [0.15, 0.2) is 0 Å². The molecule has 0 radical (unpaired) electrons. The molecule has 0 bridgehead atoms. The molecule has 0 fully saturated rings. The predicted octanol–water partition coefficient (Wildman–Crippen LogP) is 3.40. The first kappa shape index (κ1) is 15.2. The first-order chi connectivity index (χ1) is 9.93. The van der Waals surface area contributed by atoms with E-state index in [2.05, 4.69) is 4.85 Å². The molecule has 2 aromatic rings. The van der Waals surface area contributed by atoms with Crippen LogP contribution in [0.3, 0.4) is 0 Å². The summed E-state index contributed by atoms with van der Waals surface area (Å²) in [7, 11) is -3.76. The fraction of sp³-hybridized carbons (Fsp3) is 0.188. The zero-order valence-corrected chi connectivity index (χ0v) is 12.3. The van der Waals surface area contributed by atoms with E-state index in [-0.39, 0.29) is 11.3 Å². The molecule has 1 unspecified atom stereocenters. The van der Waals surface area contributed by atoms with Crippen LogP contribution in [0, 0.1) is 19.3 Å². The molecule has 0 aliphatic rings. The lowest BCUT2D eigenvalue weighted by Gasteiger charge is -2.08. The number of nitrogens with zero attached hydrogens (tertiary/aromatic N) is 1. The molecule has 0 saturated heterocycles. The molecule has 3 nitrogen and oxygen atoms in total. The van der Waals surface area contributed by atoms with E-state index in [1.165, 1.54) is 30.3 Å². The van der Waals surface area contributed by atoms with Gasteiger partial charge in [-0.25, -0.2) is 19.4 Å². The number of sulfone groups is 1. The van der Waals surface area contributed by atoms with Crippen LogP contribution in [0.25, 0.3) is 4.85 Å². The van der Waals surface area contributed by atoms with Crippen molar-refractivity contribution in [2.24, 2.45) is 0 Å². The van der Waals surface area contributed by atoms with Crippen LogP contribution in [-0.4, -0.2) is 13.8 Å². The first-order valence-electron chi connectivity index (χ1n) is 6.35. The maximum absolute atomic E-state index is 13.2. The van der Waals surface area contributed by atoms with Gasteiger partial charge in [0.05, 0.1) is 11.3 Å². The van der Waals surface area contributed by atoms with Gasteiger partial charge in [-0.05, 0) is 36.8 Å². The summed E-state index contributed by atoms with van der Waals surface area (Å²) in [6.45, 7) is 9.02. The lowest BCUT2D eigenvalue weighted by Crippen LogP contribution is -2.20. The molecule has 1 atom stereocenters. The summed E-state index contributed by atoms with van der Waals surface area (Å²) in [5, 5.41) is -1.25. The average Bonchev–Trinajstić information content (AvgIpc) is 2.45. The number of rotatable bonds is 4. The molecular formula is C16H14FNO2S. The van der Waals surface area contributed by atoms with Crippen LogP contribution in [0.5, 0.6) is 0 Å². The van der Waals surface area contributed by atoms with Crippen LogP contribution in [0.2, 0.25) is 0 Å². The van der Waals surface area contributed by atoms with Gasteiger partial charge in [0.25, 0.3) is 9.84 Å². The lowest BCUT2D eigenvalue weighted by molar-refractivity contribution is 0.586. The van der Waals surface area contributed by atoms with Crippen LogP contribution in [0.4, 0.5) is 4.39 Å². The Bertz CT molecular complexity index is 777. The summed E-state index contributed by atoms with van der Waals surface area (Å²) in [4.78, 5) is 3.34. The van der Waals surface area contributed by atoms with E-state index >= 15 is 0 Å². The highest BCUT2D eigenvalue weighted by molar-refractivity contribution is 7.92. The van der Waals surface area contributed by atoms with E-state index in [0.29, 0.717) is 5.56 Å². The van der Waals surface area contributed by atoms with Crippen LogP contribution < -0.4 is 0 Å². The third-order valence-electron chi connectivity index (χ3n) is 3.15. The van der Waals surface area contributed by atoms with Crippen molar-refractivity contribution in [1.82, 2.24) is 0 Å². The van der Waals surface area contributed by atoms with Gasteiger partial charge in [0.1, 0.15) is 5.82 Å². The van der Waals surface area contributed by atoms with E-state index in [1.54, 1.807) is 18.2 Å². The zero-order valence-electron chi connectivity index (χ0n) is 11.5.